The Morgan fingerprint density at radius 1 is 0.682 bits per heavy atom. The van der Waals surface area contributed by atoms with Crippen LogP contribution in [0.25, 0.3) is 0 Å². The van der Waals surface area contributed by atoms with Gasteiger partial charge in [0, 0.05) is 0 Å². The number of hydrogen-bond acceptors (Lipinski definition) is 1. The van der Waals surface area contributed by atoms with E-state index in [4.69, 9.17) is 0 Å². The first-order valence-corrected chi connectivity index (χ1v) is 8.18. The van der Waals surface area contributed by atoms with E-state index >= 15 is 0 Å². The summed E-state index contributed by atoms with van der Waals surface area (Å²) in [7, 11) is 0. The van der Waals surface area contributed by atoms with E-state index in [0.717, 1.165) is 6.54 Å². The minimum absolute atomic E-state index is 0. The van der Waals surface area contributed by atoms with Gasteiger partial charge < -0.3 is 17.3 Å². The summed E-state index contributed by atoms with van der Waals surface area (Å²) in [6.45, 7) is 5.84. The lowest BCUT2D eigenvalue weighted by atomic mass is 10.1. The second kappa shape index (κ2) is 11.3. The lowest BCUT2D eigenvalue weighted by Gasteiger charge is -2.20. The van der Waals surface area contributed by atoms with E-state index in [9.17, 15) is 0 Å². The van der Waals surface area contributed by atoms with Crippen molar-refractivity contribution in [1.29, 1.82) is 0 Å². The van der Waals surface area contributed by atoms with Gasteiger partial charge in [0.2, 0.25) is 0 Å². The molecule has 0 saturated carbocycles. The van der Waals surface area contributed by atoms with Gasteiger partial charge in [-0.15, -0.1) is 0 Å². The van der Waals surface area contributed by atoms with Crippen LogP contribution in [0.3, 0.4) is 0 Å². The van der Waals surface area contributed by atoms with Gasteiger partial charge in [-0.3, -0.25) is 0 Å². The molecule has 0 aromatic heterocycles. The summed E-state index contributed by atoms with van der Waals surface area (Å²) in [5, 5.41) is 0. The van der Waals surface area contributed by atoms with E-state index in [0.29, 0.717) is 0 Å². The van der Waals surface area contributed by atoms with Gasteiger partial charge >= 0.3 is 0 Å². The molecule has 2 aromatic carbocycles. The van der Waals surface area contributed by atoms with Gasteiger partial charge in [0.05, 0.1) is 0 Å². The molecule has 22 heavy (non-hydrogen) atoms. The molecular weight excluding hydrogens is 290 g/mol. The van der Waals surface area contributed by atoms with Crippen molar-refractivity contribution in [3.05, 3.63) is 71.8 Å². The molecule has 0 spiro atoms. The average Bonchev–Trinajstić information content (AvgIpc) is 2.55. The topological polar surface area (TPSA) is 3.24 Å². The molecule has 0 aliphatic carbocycles. The van der Waals surface area contributed by atoms with E-state index < -0.39 is 0 Å². The van der Waals surface area contributed by atoms with Crippen molar-refractivity contribution in [2.24, 2.45) is 0 Å². The van der Waals surface area contributed by atoms with Crippen LogP contribution < -0.4 is 12.4 Å². The first-order valence-electron chi connectivity index (χ1n) is 8.18. The van der Waals surface area contributed by atoms with Crippen LogP contribution in [0.2, 0.25) is 0 Å². The van der Waals surface area contributed by atoms with Crippen molar-refractivity contribution in [1.82, 2.24) is 4.90 Å². The maximum Gasteiger partial charge on any atom is -0.00157 e. The van der Waals surface area contributed by atoms with Crippen LogP contribution in [0.15, 0.2) is 60.7 Å². The van der Waals surface area contributed by atoms with Crippen molar-refractivity contribution >= 4 is 0 Å². The highest BCUT2D eigenvalue weighted by Crippen LogP contribution is 2.06. The largest absolute Gasteiger partial charge is 1.00 e. The SMILES string of the molecule is CCN(CCCc1ccccc1)CCCc1ccccc1.[Cl-]. The third-order valence-corrected chi connectivity index (χ3v) is 4.01. The molecule has 0 heterocycles. The minimum atomic E-state index is 0. The van der Waals surface area contributed by atoms with Crippen LogP contribution in [-0.4, -0.2) is 24.5 Å². The molecule has 2 rings (SSSR count). The summed E-state index contributed by atoms with van der Waals surface area (Å²) >= 11 is 0. The fraction of sp³-hybridized carbons (Fsp3) is 0.400. The van der Waals surface area contributed by atoms with E-state index in [-0.39, 0.29) is 12.4 Å². The molecule has 1 nitrogen and oxygen atoms in total. The standard InChI is InChI=1S/C20H27N.ClH/c1-2-21(17-9-15-19-11-5-3-6-12-19)18-10-16-20-13-7-4-8-14-20;/h3-8,11-14H,2,9-10,15-18H2,1H3;1H/p-1. The van der Waals surface area contributed by atoms with Gasteiger partial charge in [-0.1, -0.05) is 67.6 Å². The molecule has 120 valence electrons. The zero-order chi connectivity index (χ0) is 14.8. The van der Waals surface area contributed by atoms with Gasteiger partial charge in [0.1, 0.15) is 0 Å². The second-order valence-electron chi connectivity index (χ2n) is 5.61. The lowest BCUT2D eigenvalue weighted by molar-refractivity contribution is -0.00000438. The number of halogens is 1. The van der Waals surface area contributed by atoms with E-state index in [2.05, 4.69) is 72.5 Å². The summed E-state index contributed by atoms with van der Waals surface area (Å²) in [4.78, 5) is 2.58. The zero-order valence-electron chi connectivity index (χ0n) is 13.5. The monoisotopic (exact) mass is 316 g/mol. The summed E-state index contributed by atoms with van der Waals surface area (Å²) in [6, 6.07) is 21.6. The predicted octanol–water partition coefficient (Wildman–Crippen LogP) is 1.58. The van der Waals surface area contributed by atoms with Crippen molar-refractivity contribution in [2.45, 2.75) is 32.6 Å². The minimum Gasteiger partial charge on any atom is -1.00 e. The highest BCUT2D eigenvalue weighted by molar-refractivity contribution is 5.15. The molecule has 0 aliphatic rings. The number of benzene rings is 2. The Bertz CT molecular complexity index is 438. The molecule has 0 aliphatic heterocycles. The Kier molecular flexibility index (Phi) is 9.61. The molecule has 0 amide bonds. The second-order valence-corrected chi connectivity index (χ2v) is 5.61. The lowest BCUT2D eigenvalue weighted by Crippen LogP contribution is -3.00. The molecule has 0 bridgehead atoms. The quantitative estimate of drug-likeness (QED) is 0.679. The number of aryl methyl sites for hydroxylation is 2. The molecule has 0 fully saturated rings. The maximum atomic E-state index is 2.58. The Morgan fingerprint density at radius 3 is 1.45 bits per heavy atom. The summed E-state index contributed by atoms with van der Waals surface area (Å²) in [5.74, 6) is 0. The molecule has 0 unspecified atom stereocenters. The van der Waals surface area contributed by atoms with Gasteiger partial charge in [-0.05, 0) is 56.4 Å². The summed E-state index contributed by atoms with van der Waals surface area (Å²) in [5.41, 5.74) is 2.91. The Labute approximate surface area is 141 Å². The van der Waals surface area contributed by atoms with Crippen molar-refractivity contribution in [3.63, 3.8) is 0 Å². The average molecular weight is 317 g/mol. The first kappa shape index (κ1) is 18.7. The zero-order valence-corrected chi connectivity index (χ0v) is 14.3. The summed E-state index contributed by atoms with van der Waals surface area (Å²) in [6.07, 6.45) is 4.89. The van der Waals surface area contributed by atoms with Crippen LogP contribution in [0.1, 0.15) is 30.9 Å². The Hall–Kier alpha value is -1.31. The van der Waals surface area contributed by atoms with E-state index in [1.165, 1.54) is 49.9 Å². The van der Waals surface area contributed by atoms with Gasteiger partial charge in [0.15, 0.2) is 0 Å². The van der Waals surface area contributed by atoms with Crippen LogP contribution >= 0.6 is 0 Å². The van der Waals surface area contributed by atoms with E-state index in [1.54, 1.807) is 0 Å². The fourth-order valence-electron chi connectivity index (χ4n) is 2.73. The normalized spacial score (nSPS) is 10.5. The third kappa shape index (κ3) is 7.11. The van der Waals surface area contributed by atoms with Gasteiger partial charge in [-0.25, -0.2) is 0 Å². The number of nitrogens with zero attached hydrogens (tertiary/aromatic N) is 1. The van der Waals surface area contributed by atoms with Gasteiger partial charge in [-0.2, -0.15) is 0 Å². The highest BCUT2D eigenvalue weighted by Gasteiger charge is 2.02. The van der Waals surface area contributed by atoms with Gasteiger partial charge in [0.25, 0.3) is 0 Å². The number of hydrogen-bond donors (Lipinski definition) is 0. The predicted molar refractivity (Wildman–Crippen MR) is 91.6 cm³/mol. The smallest absolute Gasteiger partial charge is 0.00157 e. The Balaban J connectivity index is 0.00000242. The maximum absolute atomic E-state index is 2.58. The van der Waals surface area contributed by atoms with Crippen molar-refractivity contribution in [2.75, 3.05) is 19.6 Å². The number of rotatable bonds is 9. The molecule has 0 atom stereocenters. The highest BCUT2D eigenvalue weighted by atomic mass is 35.5. The first-order chi connectivity index (χ1) is 10.4. The Morgan fingerprint density at radius 2 is 1.09 bits per heavy atom. The van der Waals surface area contributed by atoms with Crippen LogP contribution in [-0.2, 0) is 12.8 Å². The molecule has 0 radical (unpaired) electrons. The molecule has 0 N–H and O–H groups in total. The third-order valence-electron chi connectivity index (χ3n) is 4.01. The van der Waals surface area contributed by atoms with Crippen LogP contribution in [0.4, 0.5) is 0 Å². The molecule has 2 aromatic rings. The molecule has 2 heteroatoms. The van der Waals surface area contributed by atoms with Crippen molar-refractivity contribution in [3.8, 4) is 0 Å². The van der Waals surface area contributed by atoms with Crippen LogP contribution in [0.5, 0.6) is 0 Å². The summed E-state index contributed by atoms with van der Waals surface area (Å²) < 4.78 is 0. The van der Waals surface area contributed by atoms with Crippen molar-refractivity contribution < 1.29 is 12.4 Å². The fourth-order valence-corrected chi connectivity index (χ4v) is 2.73. The molecule has 0 saturated heterocycles. The van der Waals surface area contributed by atoms with E-state index in [1.807, 2.05) is 0 Å². The molecular formula is C20H27ClN-. The van der Waals surface area contributed by atoms with Crippen LogP contribution in [0, 0.1) is 0 Å².